The molecule has 0 spiro atoms. The standard InChI is InChI=1S/C36H31F2NO6/c37-31-10-5-11-32(34(31)38)45-19-2-1-18-44-29-16-13-24(14-17-29)12-15-26-7-4-9-30-28(22-39(35(26)30)23-33(40)41)21-25-6-3-8-27(20-25)36(42)43/h3-17,20,22H,1-2,18-19,21,23H2,(H,40,41)(H,42,43)/b15-12+. The summed E-state index contributed by atoms with van der Waals surface area (Å²) in [6.45, 7) is 0.474. The minimum absolute atomic E-state index is 0.102. The van der Waals surface area contributed by atoms with Gasteiger partial charge in [-0.15, -0.1) is 0 Å². The van der Waals surface area contributed by atoms with Crippen LogP contribution in [0.2, 0.25) is 0 Å². The lowest BCUT2D eigenvalue weighted by molar-refractivity contribution is -0.137. The van der Waals surface area contributed by atoms with E-state index in [2.05, 4.69) is 0 Å². The number of hydrogen-bond acceptors (Lipinski definition) is 4. The third-order valence-corrected chi connectivity index (χ3v) is 7.20. The number of carboxylic acid groups (broad SMARTS) is 2. The number of para-hydroxylation sites is 1. The van der Waals surface area contributed by atoms with Crippen molar-refractivity contribution < 1.29 is 38.1 Å². The molecule has 5 aromatic rings. The van der Waals surface area contributed by atoms with E-state index >= 15 is 0 Å². The quantitative estimate of drug-likeness (QED) is 0.0987. The fraction of sp³-hybridized carbons (Fsp3) is 0.167. The average molecular weight is 612 g/mol. The Bertz CT molecular complexity index is 1840. The summed E-state index contributed by atoms with van der Waals surface area (Å²) >= 11 is 0. The zero-order valence-corrected chi connectivity index (χ0v) is 24.3. The number of rotatable bonds is 14. The van der Waals surface area contributed by atoms with Gasteiger partial charge in [-0.1, -0.05) is 60.7 Å². The molecule has 0 saturated heterocycles. The minimum Gasteiger partial charge on any atom is -0.494 e. The smallest absolute Gasteiger partial charge is 0.335 e. The van der Waals surface area contributed by atoms with Crippen LogP contribution in [0.15, 0.2) is 91.1 Å². The Hall–Kier alpha value is -5.44. The summed E-state index contributed by atoms with van der Waals surface area (Å²) in [5, 5.41) is 19.8. The van der Waals surface area contributed by atoms with E-state index in [0.29, 0.717) is 31.6 Å². The summed E-state index contributed by atoms with van der Waals surface area (Å²) in [4.78, 5) is 23.1. The normalized spacial score (nSPS) is 11.2. The van der Waals surface area contributed by atoms with Crippen LogP contribution in [0.4, 0.5) is 8.78 Å². The van der Waals surface area contributed by atoms with Gasteiger partial charge in [-0.2, -0.15) is 4.39 Å². The van der Waals surface area contributed by atoms with Crippen LogP contribution in [0.3, 0.4) is 0 Å². The second kappa shape index (κ2) is 14.4. The number of unbranched alkanes of at least 4 members (excludes halogenated alkanes) is 1. The molecule has 5 rings (SSSR count). The summed E-state index contributed by atoms with van der Waals surface area (Å²) in [5.41, 5.74) is 4.47. The Morgan fingerprint density at radius 2 is 1.56 bits per heavy atom. The first-order valence-electron chi connectivity index (χ1n) is 14.4. The van der Waals surface area contributed by atoms with Gasteiger partial charge in [0, 0.05) is 11.6 Å². The maximum absolute atomic E-state index is 13.7. The third-order valence-electron chi connectivity index (χ3n) is 7.20. The van der Waals surface area contributed by atoms with Crippen LogP contribution in [-0.4, -0.2) is 39.9 Å². The van der Waals surface area contributed by atoms with Crippen LogP contribution >= 0.6 is 0 Å². The number of hydrogen-bond donors (Lipinski definition) is 2. The predicted molar refractivity (Wildman–Crippen MR) is 168 cm³/mol. The number of benzene rings is 4. The number of nitrogens with zero attached hydrogens (tertiary/aromatic N) is 1. The van der Waals surface area contributed by atoms with Crippen molar-refractivity contribution in [2.75, 3.05) is 13.2 Å². The molecule has 45 heavy (non-hydrogen) atoms. The average Bonchev–Trinajstić information content (AvgIpc) is 3.37. The lowest BCUT2D eigenvalue weighted by Crippen LogP contribution is -2.07. The molecular formula is C36H31F2NO6. The molecule has 9 heteroatoms. The van der Waals surface area contributed by atoms with E-state index in [-0.39, 0.29) is 24.5 Å². The van der Waals surface area contributed by atoms with E-state index in [1.807, 2.05) is 66.9 Å². The number of carboxylic acids is 2. The summed E-state index contributed by atoms with van der Waals surface area (Å²) in [5.74, 6) is -3.30. The summed E-state index contributed by atoms with van der Waals surface area (Å²) in [6.07, 6.45) is 7.44. The fourth-order valence-electron chi connectivity index (χ4n) is 5.08. The van der Waals surface area contributed by atoms with E-state index < -0.39 is 23.6 Å². The topological polar surface area (TPSA) is 98.0 Å². The van der Waals surface area contributed by atoms with Crippen molar-refractivity contribution in [2.24, 2.45) is 0 Å². The van der Waals surface area contributed by atoms with E-state index in [1.165, 1.54) is 12.1 Å². The molecule has 7 nitrogen and oxygen atoms in total. The zero-order valence-electron chi connectivity index (χ0n) is 24.3. The monoisotopic (exact) mass is 611 g/mol. The molecule has 2 N–H and O–H groups in total. The zero-order chi connectivity index (χ0) is 31.8. The highest BCUT2D eigenvalue weighted by molar-refractivity contribution is 5.94. The number of ether oxygens (including phenoxy) is 2. The molecular weight excluding hydrogens is 580 g/mol. The van der Waals surface area contributed by atoms with Crippen LogP contribution in [0, 0.1) is 11.6 Å². The number of carbonyl (C=O) groups is 2. The van der Waals surface area contributed by atoms with Crippen molar-refractivity contribution in [3.63, 3.8) is 0 Å². The van der Waals surface area contributed by atoms with Gasteiger partial charge >= 0.3 is 11.9 Å². The maximum atomic E-state index is 13.7. The molecule has 0 bridgehead atoms. The number of aromatic carboxylic acids is 1. The van der Waals surface area contributed by atoms with Crippen LogP contribution in [-0.2, 0) is 17.8 Å². The molecule has 0 unspecified atom stereocenters. The van der Waals surface area contributed by atoms with Crippen molar-refractivity contribution in [1.82, 2.24) is 4.57 Å². The summed E-state index contributed by atoms with van der Waals surface area (Å²) in [7, 11) is 0. The molecule has 1 aromatic heterocycles. The molecule has 0 saturated carbocycles. The van der Waals surface area contributed by atoms with Gasteiger partial charge in [-0.05, 0) is 77.9 Å². The van der Waals surface area contributed by atoms with Gasteiger partial charge in [0.15, 0.2) is 11.6 Å². The van der Waals surface area contributed by atoms with Gasteiger partial charge in [0.1, 0.15) is 12.3 Å². The van der Waals surface area contributed by atoms with Crippen LogP contribution in [0.5, 0.6) is 11.5 Å². The Labute approximate surface area is 258 Å². The number of aliphatic carboxylic acids is 1. The second-order valence-corrected chi connectivity index (χ2v) is 10.5. The van der Waals surface area contributed by atoms with Gasteiger partial charge < -0.3 is 24.3 Å². The third kappa shape index (κ3) is 7.94. The molecule has 0 aliphatic carbocycles. The van der Waals surface area contributed by atoms with Crippen LogP contribution in [0.25, 0.3) is 23.1 Å². The van der Waals surface area contributed by atoms with E-state index in [0.717, 1.165) is 39.2 Å². The lowest BCUT2D eigenvalue weighted by Gasteiger charge is -2.09. The van der Waals surface area contributed by atoms with E-state index in [9.17, 15) is 28.6 Å². The van der Waals surface area contributed by atoms with Crippen molar-refractivity contribution in [2.45, 2.75) is 25.8 Å². The summed E-state index contributed by atoms with van der Waals surface area (Å²) < 4.78 is 39.7. The molecule has 0 aliphatic rings. The van der Waals surface area contributed by atoms with Gasteiger partial charge in [0.2, 0.25) is 5.82 Å². The Morgan fingerprint density at radius 3 is 2.31 bits per heavy atom. The van der Waals surface area contributed by atoms with Gasteiger partial charge in [0.25, 0.3) is 0 Å². The first-order chi connectivity index (χ1) is 21.8. The lowest BCUT2D eigenvalue weighted by atomic mass is 10.0. The second-order valence-electron chi connectivity index (χ2n) is 10.5. The Morgan fingerprint density at radius 1 is 0.822 bits per heavy atom. The molecule has 1 heterocycles. The molecule has 4 aromatic carbocycles. The molecule has 0 amide bonds. The van der Waals surface area contributed by atoms with Crippen molar-refractivity contribution >= 4 is 35.0 Å². The molecule has 0 fully saturated rings. The predicted octanol–water partition coefficient (Wildman–Crippen LogP) is 7.70. The van der Waals surface area contributed by atoms with Crippen molar-refractivity contribution in [1.29, 1.82) is 0 Å². The molecule has 230 valence electrons. The van der Waals surface area contributed by atoms with E-state index in [1.54, 1.807) is 22.8 Å². The first-order valence-corrected chi connectivity index (χ1v) is 14.4. The van der Waals surface area contributed by atoms with Crippen molar-refractivity contribution in [3.05, 3.63) is 131 Å². The highest BCUT2D eigenvalue weighted by Crippen LogP contribution is 2.29. The largest absolute Gasteiger partial charge is 0.494 e. The minimum atomic E-state index is -1.000. The number of fused-ring (bicyclic) bond motifs is 1. The maximum Gasteiger partial charge on any atom is 0.335 e. The fourth-order valence-corrected chi connectivity index (χ4v) is 5.08. The van der Waals surface area contributed by atoms with Crippen LogP contribution in [0.1, 0.15) is 45.5 Å². The van der Waals surface area contributed by atoms with Gasteiger partial charge in [-0.3, -0.25) is 4.79 Å². The highest BCUT2D eigenvalue weighted by Gasteiger charge is 2.15. The SMILES string of the molecule is O=C(O)Cn1cc(Cc2cccc(C(=O)O)c2)c2cccc(/C=C/c3ccc(OCCCCOc4cccc(F)c4F)cc3)c21. The van der Waals surface area contributed by atoms with E-state index in [4.69, 9.17) is 9.47 Å². The first kappa shape index (κ1) is 31.0. The summed E-state index contributed by atoms with van der Waals surface area (Å²) in [6, 6.07) is 23.9. The Balaban J connectivity index is 1.22. The van der Waals surface area contributed by atoms with Crippen molar-refractivity contribution in [3.8, 4) is 11.5 Å². The molecule has 0 radical (unpaired) electrons. The number of halogens is 2. The molecule has 0 atom stereocenters. The van der Waals surface area contributed by atoms with Gasteiger partial charge in [-0.25, -0.2) is 9.18 Å². The number of aromatic nitrogens is 1. The molecule has 0 aliphatic heterocycles. The van der Waals surface area contributed by atoms with Crippen LogP contribution < -0.4 is 9.47 Å². The highest BCUT2D eigenvalue weighted by atomic mass is 19.2. The Kier molecular flexibility index (Phi) is 9.89. The van der Waals surface area contributed by atoms with Gasteiger partial charge in [0.05, 0.1) is 24.3 Å².